The maximum Gasteiger partial charge on any atom is 0.248 e. The molecule has 0 aromatic heterocycles. The van der Waals surface area contributed by atoms with Gasteiger partial charge in [-0.15, -0.1) is 0 Å². The van der Waals surface area contributed by atoms with Gasteiger partial charge in [-0.3, -0.25) is 4.79 Å². The van der Waals surface area contributed by atoms with E-state index in [4.69, 9.17) is 5.73 Å². The highest BCUT2D eigenvalue weighted by Crippen LogP contribution is 2.18. The van der Waals surface area contributed by atoms with Crippen molar-refractivity contribution >= 4 is 17.3 Å². The average molecular weight is 269 g/mol. The number of nitrogens with zero attached hydrogens (tertiary/aromatic N) is 1. The van der Waals surface area contributed by atoms with Crippen LogP contribution in [0.1, 0.15) is 15.9 Å². The van der Waals surface area contributed by atoms with Crippen molar-refractivity contribution in [1.82, 2.24) is 0 Å². The van der Waals surface area contributed by atoms with Gasteiger partial charge in [-0.25, -0.2) is 0 Å². The molecule has 0 aliphatic heterocycles. The number of nitrogens with one attached hydrogen (secondary N) is 1. The Morgan fingerprint density at radius 1 is 1.15 bits per heavy atom. The minimum absolute atomic E-state index is 0.400. The van der Waals surface area contributed by atoms with E-state index in [0.717, 1.165) is 16.9 Å². The van der Waals surface area contributed by atoms with Crippen LogP contribution >= 0.6 is 0 Å². The highest BCUT2D eigenvalue weighted by molar-refractivity contribution is 5.92. The largest absolute Gasteiger partial charge is 0.381 e. The summed E-state index contributed by atoms with van der Waals surface area (Å²) in [7, 11) is 4.03. The quantitative estimate of drug-likeness (QED) is 0.876. The molecule has 0 fully saturated rings. The van der Waals surface area contributed by atoms with Crippen LogP contribution in [0.15, 0.2) is 48.5 Å². The molecule has 0 saturated heterocycles. The number of amides is 1. The Morgan fingerprint density at radius 3 is 2.45 bits per heavy atom. The van der Waals surface area contributed by atoms with E-state index in [2.05, 4.69) is 22.3 Å². The molecule has 0 heterocycles. The zero-order valence-electron chi connectivity index (χ0n) is 11.8. The molecular weight excluding hydrogens is 250 g/mol. The number of primary amides is 1. The number of nitrogens with two attached hydrogens (primary N) is 1. The first-order valence-electron chi connectivity index (χ1n) is 6.46. The number of anilines is 2. The Morgan fingerprint density at radius 2 is 1.85 bits per heavy atom. The molecule has 0 aliphatic rings. The first kappa shape index (κ1) is 13.9. The molecule has 1 amide bonds. The van der Waals surface area contributed by atoms with Crippen molar-refractivity contribution in [2.45, 2.75) is 6.54 Å². The predicted molar refractivity (Wildman–Crippen MR) is 83.1 cm³/mol. The Hall–Kier alpha value is -2.49. The van der Waals surface area contributed by atoms with Gasteiger partial charge in [-0.05, 0) is 35.9 Å². The van der Waals surface area contributed by atoms with Gasteiger partial charge < -0.3 is 16.0 Å². The van der Waals surface area contributed by atoms with Crippen LogP contribution in [0.5, 0.6) is 0 Å². The second-order valence-electron chi connectivity index (χ2n) is 4.86. The van der Waals surface area contributed by atoms with Crippen molar-refractivity contribution in [3.8, 4) is 0 Å². The third kappa shape index (κ3) is 3.51. The SMILES string of the molecule is CN(C)c1cccc(NCc2ccc(C(N)=O)cc2)c1. The van der Waals surface area contributed by atoms with Crippen LogP contribution in [-0.4, -0.2) is 20.0 Å². The second-order valence-corrected chi connectivity index (χ2v) is 4.86. The fourth-order valence-corrected chi connectivity index (χ4v) is 1.89. The fourth-order valence-electron chi connectivity index (χ4n) is 1.89. The molecule has 104 valence electrons. The lowest BCUT2D eigenvalue weighted by Gasteiger charge is -2.14. The summed E-state index contributed by atoms with van der Waals surface area (Å²) < 4.78 is 0. The Balaban J connectivity index is 2.01. The molecular formula is C16H19N3O. The molecule has 0 atom stereocenters. The van der Waals surface area contributed by atoms with E-state index >= 15 is 0 Å². The van der Waals surface area contributed by atoms with Gasteiger partial charge in [0.05, 0.1) is 0 Å². The van der Waals surface area contributed by atoms with Gasteiger partial charge >= 0.3 is 0 Å². The molecule has 20 heavy (non-hydrogen) atoms. The number of rotatable bonds is 5. The van der Waals surface area contributed by atoms with Crippen LogP contribution in [0, 0.1) is 0 Å². The Kier molecular flexibility index (Phi) is 4.25. The molecule has 0 unspecified atom stereocenters. The van der Waals surface area contributed by atoms with Crippen molar-refractivity contribution in [2.75, 3.05) is 24.3 Å². The van der Waals surface area contributed by atoms with Gasteiger partial charge in [0.1, 0.15) is 0 Å². The minimum atomic E-state index is -0.400. The molecule has 2 aromatic rings. The smallest absolute Gasteiger partial charge is 0.248 e. The molecule has 2 rings (SSSR count). The van der Waals surface area contributed by atoms with E-state index < -0.39 is 5.91 Å². The van der Waals surface area contributed by atoms with Gasteiger partial charge in [-0.1, -0.05) is 18.2 Å². The van der Waals surface area contributed by atoms with Gasteiger partial charge in [0, 0.05) is 37.6 Å². The summed E-state index contributed by atoms with van der Waals surface area (Å²) in [5, 5.41) is 3.36. The zero-order chi connectivity index (χ0) is 14.5. The molecule has 0 radical (unpaired) electrons. The second kappa shape index (κ2) is 6.10. The predicted octanol–water partition coefficient (Wildman–Crippen LogP) is 2.46. The zero-order valence-corrected chi connectivity index (χ0v) is 11.8. The molecule has 0 aliphatic carbocycles. The van der Waals surface area contributed by atoms with Crippen molar-refractivity contribution in [2.24, 2.45) is 5.73 Å². The molecule has 4 nitrogen and oxygen atoms in total. The van der Waals surface area contributed by atoms with Crippen LogP contribution in [0.4, 0.5) is 11.4 Å². The van der Waals surface area contributed by atoms with Gasteiger partial charge in [0.2, 0.25) is 5.91 Å². The van der Waals surface area contributed by atoms with E-state index in [0.29, 0.717) is 12.1 Å². The monoisotopic (exact) mass is 269 g/mol. The first-order valence-corrected chi connectivity index (χ1v) is 6.46. The number of carbonyl (C=O) groups is 1. The maximum absolute atomic E-state index is 11.0. The molecule has 0 spiro atoms. The van der Waals surface area contributed by atoms with Gasteiger partial charge in [0.15, 0.2) is 0 Å². The van der Waals surface area contributed by atoms with E-state index in [1.165, 1.54) is 0 Å². The number of hydrogen-bond acceptors (Lipinski definition) is 3. The van der Waals surface area contributed by atoms with Crippen LogP contribution in [0.3, 0.4) is 0 Å². The van der Waals surface area contributed by atoms with E-state index in [9.17, 15) is 4.79 Å². The third-order valence-electron chi connectivity index (χ3n) is 3.10. The summed E-state index contributed by atoms with van der Waals surface area (Å²) in [5.41, 5.74) is 9.06. The van der Waals surface area contributed by atoms with Gasteiger partial charge in [-0.2, -0.15) is 0 Å². The molecule has 2 aromatic carbocycles. The van der Waals surface area contributed by atoms with Crippen molar-refractivity contribution in [3.63, 3.8) is 0 Å². The number of benzene rings is 2. The lowest BCUT2D eigenvalue weighted by Crippen LogP contribution is -2.11. The van der Waals surface area contributed by atoms with E-state index in [-0.39, 0.29) is 0 Å². The van der Waals surface area contributed by atoms with Crippen molar-refractivity contribution in [1.29, 1.82) is 0 Å². The summed E-state index contributed by atoms with van der Waals surface area (Å²) in [5.74, 6) is -0.400. The summed E-state index contributed by atoms with van der Waals surface area (Å²) in [4.78, 5) is 13.1. The summed E-state index contributed by atoms with van der Waals surface area (Å²) in [6.07, 6.45) is 0. The van der Waals surface area contributed by atoms with Crippen LogP contribution in [0.25, 0.3) is 0 Å². The highest BCUT2D eigenvalue weighted by Gasteiger charge is 2.01. The van der Waals surface area contributed by atoms with E-state index in [1.807, 2.05) is 38.4 Å². The summed E-state index contributed by atoms with van der Waals surface area (Å²) in [6, 6.07) is 15.5. The molecule has 3 N–H and O–H groups in total. The van der Waals surface area contributed by atoms with Gasteiger partial charge in [0.25, 0.3) is 0 Å². The summed E-state index contributed by atoms with van der Waals surface area (Å²) in [6.45, 7) is 0.704. The Labute approximate surface area is 119 Å². The topological polar surface area (TPSA) is 58.4 Å². The van der Waals surface area contributed by atoms with Crippen LogP contribution in [-0.2, 0) is 6.54 Å². The normalized spacial score (nSPS) is 10.1. The number of carbonyl (C=O) groups excluding carboxylic acids is 1. The average Bonchev–Trinajstić information content (AvgIpc) is 2.46. The third-order valence-corrected chi connectivity index (χ3v) is 3.10. The molecule has 0 saturated carbocycles. The highest BCUT2D eigenvalue weighted by atomic mass is 16.1. The lowest BCUT2D eigenvalue weighted by molar-refractivity contribution is 0.100. The standard InChI is InChI=1S/C16H19N3O/c1-19(2)15-5-3-4-14(10-15)18-11-12-6-8-13(9-7-12)16(17)20/h3-10,18H,11H2,1-2H3,(H2,17,20). The maximum atomic E-state index is 11.0. The fraction of sp³-hybridized carbons (Fsp3) is 0.188. The van der Waals surface area contributed by atoms with Crippen molar-refractivity contribution in [3.05, 3.63) is 59.7 Å². The Bertz CT molecular complexity index is 591. The number of hydrogen-bond donors (Lipinski definition) is 2. The lowest BCUT2D eigenvalue weighted by atomic mass is 10.1. The molecule has 4 heteroatoms. The van der Waals surface area contributed by atoms with E-state index in [1.54, 1.807) is 12.1 Å². The van der Waals surface area contributed by atoms with Crippen LogP contribution in [0.2, 0.25) is 0 Å². The van der Waals surface area contributed by atoms with Crippen LogP contribution < -0.4 is 16.0 Å². The molecule has 0 bridgehead atoms. The van der Waals surface area contributed by atoms with Crippen molar-refractivity contribution < 1.29 is 4.79 Å². The first-order chi connectivity index (χ1) is 9.56. The minimum Gasteiger partial charge on any atom is -0.381 e. The summed E-state index contributed by atoms with van der Waals surface area (Å²) >= 11 is 0.